The Kier molecular flexibility index (Phi) is 3.60. The smallest absolute Gasteiger partial charge is 0.137 e. The summed E-state index contributed by atoms with van der Waals surface area (Å²) in [5.74, 6) is 0. The maximum atomic E-state index is 12.4. The van der Waals surface area contributed by atoms with Crippen LogP contribution < -0.4 is 4.90 Å². The number of aryl methyl sites for hydroxylation is 1. The molecule has 2 heterocycles. The van der Waals surface area contributed by atoms with E-state index in [0.29, 0.717) is 6.42 Å². The fourth-order valence-corrected chi connectivity index (χ4v) is 2.36. The van der Waals surface area contributed by atoms with Gasteiger partial charge in [0.1, 0.15) is 5.65 Å². The highest BCUT2D eigenvalue weighted by Crippen LogP contribution is 2.22. The lowest BCUT2D eigenvalue weighted by Crippen LogP contribution is -2.07. The molecule has 3 rings (SSSR count). The van der Waals surface area contributed by atoms with Crippen LogP contribution in [0, 0.1) is 0 Å². The van der Waals surface area contributed by atoms with Crippen molar-refractivity contribution < 1.29 is 4.39 Å². The van der Waals surface area contributed by atoms with Gasteiger partial charge in [0.2, 0.25) is 0 Å². The number of imidazole rings is 1. The third-order valence-corrected chi connectivity index (χ3v) is 3.57. The minimum Gasteiger partial charge on any atom is -0.378 e. The topological polar surface area (TPSA) is 20.5 Å². The maximum absolute atomic E-state index is 12.4. The normalized spacial score (nSPS) is 11.0. The van der Waals surface area contributed by atoms with Crippen molar-refractivity contribution >= 4 is 11.3 Å². The first-order chi connectivity index (χ1) is 10.2. The van der Waals surface area contributed by atoms with E-state index >= 15 is 0 Å². The van der Waals surface area contributed by atoms with Gasteiger partial charge in [0, 0.05) is 44.2 Å². The van der Waals surface area contributed by atoms with E-state index in [4.69, 9.17) is 0 Å². The molecule has 21 heavy (non-hydrogen) atoms. The Bertz CT molecular complexity index is 744. The summed E-state index contributed by atoms with van der Waals surface area (Å²) in [5, 5.41) is 0. The molecular weight excluding hydrogens is 265 g/mol. The summed E-state index contributed by atoms with van der Waals surface area (Å²) in [6, 6.07) is 12.2. The van der Waals surface area contributed by atoms with Crippen LogP contribution in [0.1, 0.15) is 5.56 Å². The number of hydrogen-bond donors (Lipinski definition) is 0. The van der Waals surface area contributed by atoms with Crippen LogP contribution in [0.2, 0.25) is 0 Å². The van der Waals surface area contributed by atoms with Gasteiger partial charge in [-0.1, -0.05) is 18.2 Å². The molecule has 2 aromatic heterocycles. The standard InChI is InChI=1S/C17H18FN3/c1-20(2)15-6-4-14(5-7-15)16-12-21-11-13(9-10-18)3-8-17(21)19-16/h3-8,11-12H,9-10H2,1-2H3. The van der Waals surface area contributed by atoms with Crippen molar-refractivity contribution in [1.82, 2.24) is 9.38 Å². The Morgan fingerprint density at radius 1 is 1.05 bits per heavy atom. The predicted octanol–water partition coefficient (Wildman–Crippen LogP) is 3.58. The molecular formula is C17H18FN3. The molecule has 3 aromatic rings. The first-order valence-electron chi connectivity index (χ1n) is 6.99. The summed E-state index contributed by atoms with van der Waals surface area (Å²) in [4.78, 5) is 6.68. The van der Waals surface area contributed by atoms with Gasteiger partial charge in [-0.25, -0.2) is 4.98 Å². The summed E-state index contributed by atoms with van der Waals surface area (Å²) >= 11 is 0. The molecule has 0 spiro atoms. The summed E-state index contributed by atoms with van der Waals surface area (Å²) in [6.45, 7) is -0.334. The van der Waals surface area contributed by atoms with Crippen molar-refractivity contribution in [1.29, 1.82) is 0 Å². The maximum Gasteiger partial charge on any atom is 0.137 e. The van der Waals surface area contributed by atoms with Crippen molar-refractivity contribution in [3.63, 3.8) is 0 Å². The van der Waals surface area contributed by atoms with E-state index in [0.717, 1.165) is 28.2 Å². The van der Waals surface area contributed by atoms with E-state index in [1.807, 2.05) is 43.0 Å². The van der Waals surface area contributed by atoms with Gasteiger partial charge >= 0.3 is 0 Å². The van der Waals surface area contributed by atoms with Crippen LogP contribution in [0.15, 0.2) is 48.8 Å². The van der Waals surface area contributed by atoms with Gasteiger partial charge in [-0.3, -0.25) is 4.39 Å². The highest BCUT2D eigenvalue weighted by atomic mass is 19.1. The van der Waals surface area contributed by atoms with Crippen molar-refractivity contribution in [2.24, 2.45) is 0 Å². The van der Waals surface area contributed by atoms with Gasteiger partial charge in [0.05, 0.1) is 12.4 Å². The minimum atomic E-state index is -0.334. The van der Waals surface area contributed by atoms with Gasteiger partial charge in [-0.15, -0.1) is 0 Å². The first-order valence-corrected chi connectivity index (χ1v) is 6.99. The number of fused-ring (bicyclic) bond motifs is 1. The molecule has 0 bridgehead atoms. The number of benzene rings is 1. The quantitative estimate of drug-likeness (QED) is 0.729. The van der Waals surface area contributed by atoms with Crippen molar-refractivity contribution in [3.8, 4) is 11.3 Å². The zero-order chi connectivity index (χ0) is 14.8. The molecule has 0 atom stereocenters. The third-order valence-electron chi connectivity index (χ3n) is 3.57. The monoisotopic (exact) mass is 283 g/mol. The number of pyridine rings is 1. The zero-order valence-electron chi connectivity index (χ0n) is 12.3. The van der Waals surface area contributed by atoms with Gasteiger partial charge in [0.15, 0.2) is 0 Å². The van der Waals surface area contributed by atoms with Crippen molar-refractivity contribution in [2.75, 3.05) is 25.7 Å². The zero-order valence-corrected chi connectivity index (χ0v) is 12.3. The Morgan fingerprint density at radius 2 is 1.81 bits per heavy atom. The molecule has 0 saturated carbocycles. The van der Waals surface area contributed by atoms with E-state index in [2.05, 4.69) is 34.1 Å². The number of anilines is 1. The summed E-state index contributed by atoms with van der Waals surface area (Å²) < 4.78 is 14.4. The molecule has 3 nitrogen and oxygen atoms in total. The average molecular weight is 283 g/mol. The van der Waals surface area contributed by atoms with Crippen LogP contribution in [0.5, 0.6) is 0 Å². The summed E-state index contributed by atoms with van der Waals surface area (Å²) in [5.41, 5.74) is 5.03. The van der Waals surface area contributed by atoms with E-state index in [9.17, 15) is 4.39 Å². The first kappa shape index (κ1) is 13.6. The molecule has 0 unspecified atom stereocenters. The number of halogens is 1. The van der Waals surface area contributed by atoms with Gasteiger partial charge in [-0.2, -0.15) is 0 Å². The number of hydrogen-bond acceptors (Lipinski definition) is 2. The van der Waals surface area contributed by atoms with E-state index in [1.165, 1.54) is 0 Å². The van der Waals surface area contributed by atoms with Crippen LogP contribution in [-0.2, 0) is 6.42 Å². The van der Waals surface area contributed by atoms with Crippen LogP contribution in [0.25, 0.3) is 16.9 Å². The SMILES string of the molecule is CN(C)c1ccc(-c2cn3cc(CCF)ccc3n2)cc1. The van der Waals surface area contributed by atoms with Crippen LogP contribution in [0.4, 0.5) is 10.1 Å². The van der Waals surface area contributed by atoms with Crippen molar-refractivity contribution in [3.05, 3.63) is 54.4 Å². The highest BCUT2D eigenvalue weighted by Gasteiger charge is 2.05. The second kappa shape index (κ2) is 5.56. The number of alkyl halides is 1. The van der Waals surface area contributed by atoms with Gasteiger partial charge in [0.25, 0.3) is 0 Å². The Labute approximate surface area is 123 Å². The molecule has 0 aliphatic carbocycles. The largest absolute Gasteiger partial charge is 0.378 e. The predicted molar refractivity (Wildman–Crippen MR) is 84.6 cm³/mol. The van der Waals surface area contributed by atoms with E-state index in [-0.39, 0.29) is 6.67 Å². The fourth-order valence-electron chi connectivity index (χ4n) is 2.36. The molecule has 0 radical (unpaired) electrons. The van der Waals surface area contributed by atoms with Crippen molar-refractivity contribution in [2.45, 2.75) is 6.42 Å². The average Bonchev–Trinajstić information content (AvgIpc) is 2.91. The van der Waals surface area contributed by atoms with Crippen LogP contribution >= 0.6 is 0 Å². The lowest BCUT2D eigenvalue weighted by molar-refractivity contribution is 0.495. The molecule has 0 saturated heterocycles. The highest BCUT2D eigenvalue weighted by molar-refractivity contribution is 5.65. The Hall–Kier alpha value is -2.36. The molecule has 0 aliphatic heterocycles. The second-order valence-corrected chi connectivity index (χ2v) is 5.31. The summed E-state index contributed by atoms with van der Waals surface area (Å²) in [6.07, 6.45) is 4.38. The molecule has 0 N–H and O–H groups in total. The molecule has 4 heteroatoms. The number of rotatable bonds is 4. The molecule has 0 fully saturated rings. The van der Waals surface area contributed by atoms with Crippen LogP contribution in [-0.4, -0.2) is 30.2 Å². The molecule has 1 aromatic carbocycles. The lowest BCUT2D eigenvalue weighted by atomic mass is 10.1. The number of nitrogens with zero attached hydrogens (tertiary/aromatic N) is 3. The Morgan fingerprint density at radius 3 is 2.48 bits per heavy atom. The van der Waals surface area contributed by atoms with E-state index in [1.54, 1.807) is 0 Å². The van der Waals surface area contributed by atoms with Gasteiger partial charge < -0.3 is 9.30 Å². The molecule has 0 amide bonds. The van der Waals surface area contributed by atoms with Gasteiger partial charge in [-0.05, 0) is 23.8 Å². The third kappa shape index (κ3) is 2.75. The summed E-state index contributed by atoms with van der Waals surface area (Å²) in [7, 11) is 4.04. The fraction of sp³-hybridized carbons (Fsp3) is 0.235. The Balaban J connectivity index is 1.96. The van der Waals surface area contributed by atoms with Crippen LogP contribution in [0.3, 0.4) is 0 Å². The lowest BCUT2D eigenvalue weighted by Gasteiger charge is -2.12. The second-order valence-electron chi connectivity index (χ2n) is 5.31. The van der Waals surface area contributed by atoms with E-state index < -0.39 is 0 Å². The number of aromatic nitrogens is 2. The minimum absolute atomic E-state index is 0.334. The molecule has 0 aliphatic rings. The molecule has 108 valence electrons.